The molecule has 1 aliphatic heterocycles. The number of carbonyl (C=O) groups is 2. The molecule has 1 heterocycles. The van der Waals surface area contributed by atoms with Crippen molar-refractivity contribution >= 4 is 11.9 Å². The molecule has 0 bridgehead atoms. The van der Waals surface area contributed by atoms with Crippen molar-refractivity contribution in [3.05, 3.63) is 71.9 Å². The Morgan fingerprint density at radius 2 is 1.44 bits per heavy atom. The molecule has 0 N–H and O–H groups in total. The van der Waals surface area contributed by atoms with Crippen LogP contribution < -0.4 is 0 Å². The Hall–Kier alpha value is -2.42. The van der Waals surface area contributed by atoms with E-state index in [9.17, 15) is 9.59 Å². The molecule has 0 aromatic carbocycles. The molecular formula is C22H28O3. The van der Waals surface area contributed by atoms with Gasteiger partial charge in [0.1, 0.15) is 0 Å². The van der Waals surface area contributed by atoms with E-state index >= 15 is 0 Å². The Morgan fingerprint density at radius 3 is 1.92 bits per heavy atom. The van der Waals surface area contributed by atoms with E-state index in [0.29, 0.717) is 0 Å². The van der Waals surface area contributed by atoms with Crippen LogP contribution in [0.1, 0.15) is 34.6 Å². The van der Waals surface area contributed by atoms with Gasteiger partial charge in [-0.1, -0.05) is 60.8 Å². The second kappa shape index (κ2) is 10.4. The lowest BCUT2D eigenvalue weighted by atomic mass is 9.80. The summed E-state index contributed by atoms with van der Waals surface area (Å²) in [5.41, 5.74) is 1.81. The Labute approximate surface area is 151 Å². The Balaban J connectivity index is 3.67. The third kappa shape index (κ3) is 5.02. The summed E-state index contributed by atoms with van der Waals surface area (Å²) >= 11 is 0. The summed E-state index contributed by atoms with van der Waals surface area (Å²) < 4.78 is 4.94. The molecule has 0 saturated carbocycles. The van der Waals surface area contributed by atoms with Crippen molar-refractivity contribution in [1.82, 2.24) is 0 Å². The highest BCUT2D eigenvalue weighted by molar-refractivity contribution is 5.99. The largest absolute Gasteiger partial charge is 0.392 e. The van der Waals surface area contributed by atoms with Crippen LogP contribution in [0.4, 0.5) is 0 Å². The molecule has 1 aliphatic rings. The zero-order valence-electron chi connectivity index (χ0n) is 15.7. The molecule has 0 aromatic rings. The van der Waals surface area contributed by atoms with Gasteiger partial charge in [-0.15, -0.1) is 0 Å². The molecule has 0 spiro atoms. The molecule has 25 heavy (non-hydrogen) atoms. The van der Waals surface area contributed by atoms with Crippen LogP contribution in [0.2, 0.25) is 0 Å². The van der Waals surface area contributed by atoms with Gasteiger partial charge in [-0.2, -0.15) is 0 Å². The summed E-state index contributed by atoms with van der Waals surface area (Å²) in [4.78, 5) is 24.5. The average molecular weight is 340 g/mol. The van der Waals surface area contributed by atoms with E-state index in [4.69, 9.17) is 4.74 Å². The fraction of sp³-hybridized carbons (Fsp3) is 0.364. The van der Waals surface area contributed by atoms with Gasteiger partial charge in [-0.25, -0.2) is 0 Å². The van der Waals surface area contributed by atoms with Crippen LogP contribution in [0.15, 0.2) is 71.9 Å². The molecule has 1 rings (SSSR count). The SMILES string of the molecule is C/C=C/C(=C(/C=C/C)C1C(=O)OC(=O)C1/C=C/C)C(/C=C/C)/C=C/C. The zero-order chi connectivity index (χ0) is 18.8. The summed E-state index contributed by atoms with van der Waals surface area (Å²) in [7, 11) is 0. The van der Waals surface area contributed by atoms with E-state index in [1.54, 1.807) is 12.2 Å². The van der Waals surface area contributed by atoms with E-state index in [1.165, 1.54) is 0 Å². The van der Waals surface area contributed by atoms with Gasteiger partial charge in [0.15, 0.2) is 0 Å². The van der Waals surface area contributed by atoms with Crippen LogP contribution in [0.5, 0.6) is 0 Å². The number of esters is 2. The third-order valence-corrected chi connectivity index (χ3v) is 4.01. The molecule has 2 atom stereocenters. The number of allylic oxidation sites excluding steroid dienone is 10. The van der Waals surface area contributed by atoms with E-state index in [0.717, 1.165) is 11.1 Å². The Bertz CT molecular complexity index is 645. The first-order valence-electron chi connectivity index (χ1n) is 8.69. The second-order valence-electron chi connectivity index (χ2n) is 5.76. The first-order chi connectivity index (χ1) is 12.0. The van der Waals surface area contributed by atoms with Crippen molar-refractivity contribution in [3.63, 3.8) is 0 Å². The number of ether oxygens (including phenoxy) is 1. The number of carbonyl (C=O) groups excluding carboxylic acids is 2. The number of cyclic esters (lactones) is 2. The Morgan fingerprint density at radius 1 is 0.840 bits per heavy atom. The average Bonchev–Trinajstić information content (AvgIpc) is 2.85. The maximum absolute atomic E-state index is 12.4. The van der Waals surface area contributed by atoms with Crippen molar-refractivity contribution in [1.29, 1.82) is 0 Å². The highest BCUT2D eigenvalue weighted by Crippen LogP contribution is 2.36. The molecule has 0 radical (unpaired) electrons. The van der Waals surface area contributed by atoms with Gasteiger partial charge in [0.2, 0.25) is 0 Å². The lowest BCUT2D eigenvalue weighted by Crippen LogP contribution is -2.20. The van der Waals surface area contributed by atoms with Crippen LogP contribution in [0.25, 0.3) is 0 Å². The predicted molar refractivity (Wildman–Crippen MR) is 103 cm³/mol. The first-order valence-corrected chi connectivity index (χ1v) is 8.69. The van der Waals surface area contributed by atoms with Gasteiger partial charge in [-0.05, 0) is 45.8 Å². The summed E-state index contributed by atoms with van der Waals surface area (Å²) in [6, 6.07) is 0. The maximum Gasteiger partial charge on any atom is 0.322 e. The normalized spacial score (nSPS) is 23.3. The van der Waals surface area contributed by atoms with Gasteiger partial charge in [0, 0.05) is 5.92 Å². The fourth-order valence-corrected chi connectivity index (χ4v) is 3.06. The van der Waals surface area contributed by atoms with E-state index in [-0.39, 0.29) is 5.92 Å². The van der Waals surface area contributed by atoms with Crippen molar-refractivity contribution < 1.29 is 14.3 Å². The zero-order valence-corrected chi connectivity index (χ0v) is 15.7. The summed E-state index contributed by atoms with van der Waals surface area (Å²) in [6.45, 7) is 9.61. The van der Waals surface area contributed by atoms with Crippen molar-refractivity contribution in [2.45, 2.75) is 34.6 Å². The van der Waals surface area contributed by atoms with Crippen LogP contribution in [0.3, 0.4) is 0 Å². The molecule has 1 fully saturated rings. The van der Waals surface area contributed by atoms with E-state index in [2.05, 4.69) is 12.2 Å². The van der Waals surface area contributed by atoms with Gasteiger partial charge in [-0.3, -0.25) is 9.59 Å². The van der Waals surface area contributed by atoms with Gasteiger partial charge in [0.05, 0.1) is 11.8 Å². The molecule has 0 amide bonds. The standard InChI is InChI=1S/C22H28O3/c1-6-11-16(12-7-2)17(13-8-3)18(14-9-4)20-19(15-10-5)21(23)25-22(20)24/h6-16,19-20H,1-5H3/b11-6+,12-7+,13-8+,14-9+,15-10+,18-17+. The minimum absolute atomic E-state index is 0.0205. The number of hydrogen-bond acceptors (Lipinski definition) is 3. The van der Waals surface area contributed by atoms with Crippen molar-refractivity contribution in [2.75, 3.05) is 0 Å². The molecule has 134 valence electrons. The predicted octanol–water partition coefficient (Wildman–Crippen LogP) is 5.10. The maximum atomic E-state index is 12.4. The highest BCUT2D eigenvalue weighted by Gasteiger charge is 2.45. The summed E-state index contributed by atoms with van der Waals surface area (Å²) in [5.74, 6) is -2.15. The van der Waals surface area contributed by atoms with Crippen LogP contribution in [-0.2, 0) is 14.3 Å². The quantitative estimate of drug-likeness (QED) is 0.280. The smallest absolute Gasteiger partial charge is 0.322 e. The molecule has 1 saturated heterocycles. The topological polar surface area (TPSA) is 43.4 Å². The minimum Gasteiger partial charge on any atom is -0.392 e. The molecule has 3 nitrogen and oxygen atoms in total. The second-order valence-corrected chi connectivity index (χ2v) is 5.76. The lowest BCUT2D eigenvalue weighted by molar-refractivity contribution is -0.153. The molecule has 2 unspecified atom stereocenters. The fourth-order valence-electron chi connectivity index (χ4n) is 3.06. The van der Waals surface area contributed by atoms with Crippen LogP contribution in [-0.4, -0.2) is 11.9 Å². The molecular weight excluding hydrogens is 312 g/mol. The molecule has 3 heteroatoms. The van der Waals surface area contributed by atoms with E-state index < -0.39 is 23.8 Å². The summed E-state index contributed by atoms with van der Waals surface area (Å²) in [6.07, 6.45) is 19.4. The van der Waals surface area contributed by atoms with Gasteiger partial charge < -0.3 is 4.74 Å². The van der Waals surface area contributed by atoms with Crippen molar-refractivity contribution in [3.8, 4) is 0 Å². The number of rotatable bonds is 7. The molecule has 0 aromatic heterocycles. The Kier molecular flexibility index (Phi) is 8.62. The minimum atomic E-state index is -0.621. The van der Waals surface area contributed by atoms with Crippen molar-refractivity contribution in [2.24, 2.45) is 17.8 Å². The summed E-state index contributed by atoms with van der Waals surface area (Å²) in [5, 5.41) is 0. The first kappa shape index (κ1) is 20.6. The van der Waals surface area contributed by atoms with E-state index in [1.807, 2.05) is 71.1 Å². The van der Waals surface area contributed by atoms with Gasteiger partial charge >= 0.3 is 11.9 Å². The third-order valence-electron chi connectivity index (χ3n) is 4.01. The monoisotopic (exact) mass is 340 g/mol. The lowest BCUT2D eigenvalue weighted by Gasteiger charge is -2.20. The van der Waals surface area contributed by atoms with Crippen LogP contribution >= 0.6 is 0 Å². The highest BCUT2D eigenvalue weighted by atomic mass is 16.6. The molecule has 0 aliphatic carbocycles. The van der Waals surface area contributed by atoms with Crippen LogP contribution in [0, 0.1) is 17.8 Å². The number of hydrogen-bond donors (Lipinski definition) is 0. The van der Waals surface area contributed by atoms with Gasteiger partial charge in [0.25, 0.3) is 0 Å².